The van der Waals surface area contributed by atoms with Gasteiger partial charge in [-0.15, -0.1) is 0 Å². The number of piperidine rings is 1. The number of imide groups is 1. The predicted octanol–water partition coefficient (Wildman–Crippen LogP) is 2.11. The number of benzene rings is 1. The lowest BCUT2D eigenvalue weighted by Gasteiger charge is -2.50. The average Bonchev–Trinajstić information content (AvgIpc) is 2.77. The number of amides is 3. The molecule has 0 saturated carbocycles. The fraction of sp³-hybridized carbons (Fsp3) is 0.438. The Labute approximate surface area is 143 Å². The van der Waals surface area contributed by atoms with E-state index in [1.54, 1.807) is 0 Å². The highest BCUT2D eigenvalue weighted by molar-refractivity contribution is 6.31. The van der Waals surface area contributed by atoms with E-state index in [0.29, 0.717) is 31.5 Å². The molecule has 128 valence electrons. The maximum absolute atomic E-state index is 14.0. The van der Waals surface area contributed by atoms with Crippen molar-refractivity contribution in [2.45, 2.75) is 25.8 Å². The molecular formula is C16H17ClFN3O3. The molecule has 6 nitrogen and oxygen atoms in total. The van der Waals surface area contributed by atoms with E-state index in [0.717, 1.165) is 6.07 Å². The Kier molecular flexibility index (Phi) is 3.79. The average molecular weight is 354 g/mol. The second-order valence-corrected chi connectivity index (χ2v) is 7.24. The Balaban J connectivity index is 1.98. The molecule has 2 saturated heterocycles. The van der Waals surface area contributed by atoms with Gasteiger partial charge in [-0.25, -0.2) is 9.18 Å². The Hall–Kier alpha value is -2.15. The summed E-state index contributed by atoms with van der Waals surface area (Å²) in [6.45, 7) is 4.43. The summed E-state index contributed by atoms with van der Waals surface area (Å²) in [7, 11) is 0. The fourth-order valence-corrected chi connectivity index (χ4v) is 3.83. The minimum atomic E-state index is -1.01. The number of aldehydes is 1. The molecule has 2 fully saturated rings. The van der Waals surface area contributed by atoms with Crippen LogP contribution in [0.25, 0.3) is 0 Å². The van der Waals surface area contributed by atoms with Crippen LogP contribution in [0, 0.1) is 11.2 Å². The number of carbonyl (C=O) groups is 3. The Morgan fingerprint density at radius 3 is 2.58 bits per heavy atom. The van der Waals surface area contributed by atoms with E-state index in [4.69, 9.17) is 11.6 Å². The fourth-order valence-electron chi connectivity index (χ4n) is 3.63. The lowest BCUT2D eigenvalue weighted by atomic mass is 9.67. The van der Waals surface area contributed by atoms with Gasteiger partial charge in [0.15, 0.2) is 6.29 Å². The van der Waals surface area contributed by atoms with Crippen LogP contribution in [-0.4, -0.2) is 36.9 Å². The molecule has 1 aromatic rings. The SMILES string of the molecule is CC1(C)CN(c2cc(Cl)cc(F)c2C=O)CCC12NC(=O)NC2=O. The summed E-state index contributed by atoms with van der Waals surface area (Å²) < 4.78 is 14.0. The summed E-state index contributed by atoms with van der Waals surface area (Å²) in [5.74, 6) is -1.04. The lowest BCUT2D eigenvalue weighted by molar-refractivity contribution is -0.129. The second-order valence-electron chi connectivity index (χ2n) is 6.81. The van der Waals surface area contributed by atoms with Gasteiger partial charge in [-0.2, -0.15) is 0 Å². The van der Waals surface area contributed by atoms with Crippen LogP contribution in [-0.2, 0) is 4.79 Å². The summed E-state index contributed by atoms with van der Waals surface area (Å²) in [4.78, 5) is 37.0. The molecule has 2 aliphatic rings. The Bertz CT molecular complexity index is 752. The lowest BCUT2D eigenvalue weighted by Crippen LogP contribution is -2.66. The van der Waals surface area contributed by atoms with E-state index < -0.39 is 22.8 Å². The van der Waals surface area contributed by atoms with E-state index in [1.165, 1.54) is 6.07 Å². The third-order valence-electron chi connectivity index (χ3n) is 4.97. The van der Waals surface area contributed by atoms with Gasteiger partial charge in [0.1, 0.15) is 11.4 Å². The van der Waals surface area contributed by atoms with E-state index in [9.17, 15) is 18.8 Å². The Morgan fingerprint density at radius 2 is 2.04 bits per heavy atom. The summed E-state index contributed by atoms with van der Waals surface area (Å²) in [5.41, 5.74) is -1.33. The number of anilines is 1. The molecular weight excluding hydrogens is 337 g/mol. The molecule has 1 aromatic carbocycles. The number of rotatable bonds is 2. The van der Waals surface area contributed by atoms with Crippen molar-refractivity contribution < 1.29 is 18.8 Å². The summed E-state index contributed by atoms with van der Waals surface area (Å²) in [5, 5.41) is 5.21. The van der Waals surface area contributed by atoms with E-state index in [1.807, 2.05) is 18.7 Å². The minimum absolute atomic E-state index is 0.0638. The summed E-state index contributed by atoms with van der Waals surface area (Å²) in [6, 6.07) is 2.12. The molecule has 1 atom stereocenters. The summed E-state index contributed by atoms with van der Waals surface area (Å²) in [6.07, 6.45) is 0.798. The maximum Gasteiger partial charge on any atom is 0.322 e. The highest BCUT2D eigenvalue weighted by Gasteiger charge is 2.58. The zero-order valence-corrected chi connectivity index (χ0v) is 14.0. The molecule has 3 amide bonds. The van der Waals surface area contributed by atoms with Crippen LogP contribution >= 0.6 is 11.6 Å². The topological polar surface area (TPSA) is 78.5 Å². The van der Waals surface area contributed by atoms with Gasteiger partial charge in [0, 0.05) is 23.5 Å². The zero-order chi connectivity index (χ0) is 17.7. The van der Waals surface area contributed by atoms with E-state index in [-0.39, 0.29) is 16.5 Å². The number of halogens is 2. The molecule has 2 N–H and O–H groups in total. The van der Waals surface area contributed by atoms with Gasteiger partial charge < -0.3 is 10.2 Å². The van der Waals surface area contributed by atoms with Gasteiger partial charge in [0.25, 0.3) is 5.91 Å². The first-order valence-electron chi connectivity index (χ1n) is 7.53. The van der Waals surface area contributed by atoms with Crippen molar-refractivity contribution in [1.82, 2.24) is 10.6 Å². The largest absolute Gasteiger partial charge is 0.370 e. The first-order chi connectivity index (χ1) is 11.2. The molecule has 0 aromatic heterocycles. The van der Waals surface area contributed by atoms with Gasteiger partial charge in [-0.05, 0) is 18.6 Å². The minimum Gasteiger partial charge on any atom is -0.370 e. The van der Waals surface area contributed by atoms with Gasteiger partial charge >= 0.3 is 6.03 Å². The van der Waals surface area contributed by atoms with Gasteiger partial charge in [0.05, 0.1) is 11.3 Å². The number of nitrogens with one attached hydrogen (secondary N) is 2. The van der Waals surface area contributed by atoms with Crippen LogP contribution in [0.2, 0.25) is 5.02 Å². The van der Waals surface area contributed by atoms with Gasteiger partial charge in [0.2, 0.25) is 0 Å². The zero-order valence-electron chi connectivity index (χ0n) is 13.3. The molecule has 2 aliphatic heterocycles. The van der Waals surface area contributed by atoms with Crippen LogP contribution < -0.4 is 15.5 Å². The maximum atomic E-state index is 14.0. The molecule has 24 heavy (non-hydrogen) atoms. The highest BCUT2D eigenvalue weighted by atomic mass is 35.5. The molecule has 2 heterocycles. The predicted molar refractivity (Wildman–Crippen MR) is 86.8 cm³/mol. The molecule has 1 spiro atoms. The van der Waals surface area contributed by atoms with Gasteiger partial charge in [-0.3, -0.25) is 14.9 Å². The first-order valence-corrected chi connectivity index (χ1v) is 7.91. The number of hydrogen-bond acceptors (Lipinski definition) is 4. The van der Waals surface area contributed by atoms with Crippen LogP contribution in [0.1, 0.15) is 30.6 Å². The van der Waals surface area contributed by atoms with E-state index >= 15 is 0 Å². The van der Waals surface area contributed by atoms with Crippen molar-refractivity contribution in [2.24, 2.45) is 5.41 Å². The molecule has 3 rings (SSSR count). The van der Waals surface area contributed by atoms with Crippen LogP contribution in [0.3, 0.4) is 0 Å². The van der Waals surface area contributed by atoms with Crippen molar-refractivity contribution in [3.05, 3.63) is 28.5 Å². The quantitative estimate of drug-likeness (QED) is 0.630. The molecule has 8 heteroatoms. The van der Waals surface area contributed by atoms with Crippen LogP contribution in [0.5, 0.6) is 0 Å². The van der Waals surface area contributed by atoms with Crippen molar-refractivity contribution in [3.8, 4) is 0 Å². The van der Waals surface area contributed by atoms with Crippen molar-refractivity contribution in [1.29, 1.82) is 0 Å². The number of carbonyl (C=O) groups excluding carboxylic acids is 3. The monoisotopic (exact) mass is 353 g/mol. The standard InChI is InChI=1S/C16H17ClFN3O3/c1-15(2)8-21(4-3-16(15)13(23)19-14(24)20-16)12-6-9(17)5-11(18)10(12)7-22/h5-7H,3-4,8H2,1-2H3,(H2,19,20,23,24). The Morgan fingerprint density at radius 1 is 1.33 bits per heavy atom. The van der Waals surface area contributed by atoms with Gasteiger partial charge in [-0.1, -0.05) is 25.4 Å². The smallest absolute Gasteiger partial charge is 0.322 e. The number of nitrogens with zero attached hydrogens (tertiary/aromatic N) is 1. The van der Waals surface area contributed by atoms with Crippen LogP contribution in [0.4, 0.5) is 14.9 Å². The van der Waals surface area contributed by atoms with Crippen LogP contribution in [0.15, 0.2) is 12.1 Å². The summed E-state index contributed by atoms with van der Waals surface area (Å²) >= 11 is 5.93. The number of hydrogen-bond donors (Lipinski definition) is 2. The molecule has 0 bridgehead atoms. The third kappa shape index (κ3) is 2.34. The van der Waals surface area contributed by atoms with Crippen molar-refractivity contribution >= 4 is 35.5 Å². The molecule has 0 radical (unpaired) electrons. The first kappa shape index (κ1) is 16.7. The molecule has 0 aliphatic carbocycles. The molecule has 1 unspecified atom stereocenters. The van der Waals surface area contributed by atoms with Crippen molar-refractivity contribution in [2.75, 3.05) is 18.0 Å². The normalized spacial score (nSPS) is 25.6. The third-order valence-corrected chi connectivity index (χ3v) is 5.19. The van der Waals surface area contributed by atoms with E-state index in [2.05, 4.69) is 10.6 Å². The number of urea groups is 1. The second kappa shape index (κ2) is 5.44. The highest BCUT2D eigenvalue weighted by Crippen LogP contribution is 2.42. The van der Waals surface area contributed by atoms with Crippen molar-refractivity contribution in [3.63, 3.8) is 0 Å².